The lowest BCUT2D eigenvalue weighted by atomic mass is 9.96. The monoisotopic (exact) mass is 270 g/mol. The molecular weight excluding hydrogens is 240 g/mol. The van der Waals surface area contributed by atoms with Crippen molar-refractivity contribution in [2.75, 3.05) is 19.7 Å². The van der Waals surface area contributed by atoms with Gasteiger partial charge in [-0.1, -0.05) is 0 Å². The van der Waals surface area contributed by atoms with E-state index < -0.39 is 0 Å². The maximum atomic E-state index is 12.6. The Labute approximate surface area is 117 Å². The van der Waals surface area contributed by atoms with Gasteiger partial charge < -0.3 is 10.0 Å². The van der Waals surface area contributed by atoms with Crippen LogP contribution in [0.2, 0.25) is 0 Å². The van der Waals surface area contributed by atoms with Crippen LogP contribution < -0.4 is 0 Å². The van der Waals surface area contributed by atoms with Crippen LogP contribution in [0.3, 0.4) is 0 Å². The zero-order valence-corrected chi connectivity index (χ0v) is 13.1. The first kappa shape index (κ1) is 16.4. The van der Waals surface area contributed by atoms with Gasteiger partial charge in [-0.3, -0.25) is 9.69 Å². The third-order valence-electron chi connectivity index (χ3n) is 4.18. The predicted octanol–water partition coefficient (Wildman–Crippen LogP) is 1.72. The number of amides is 1. The van der Waals surface area contributed by atoms with E-state index in [0.29, 0.717) is 5.92 Å². The van der Waals surface area contributed by atoms with E-state index in [1.54, 1.807) is 0 Å². The standard InChI is InChI=1S/C15H30N2O2/c1-11(2)17(12(3)4)15(19)13(5)16-8-6-14(10-18)7-9-16/h11-14,18H,6-10H2,1-5H3. The van der Waals surface area contributed by atoms with Crippen molar-refractivity contribution in [1.29, 1.82) is 0 Å². The first-order valence-corrected chi connectivity index (χ1v) is 7.55. The van der Waals surface area contributed by atoms with E-state index in [0.717, 1.165) is 25.9 Å². The molecule has 0 radical (unpaired) electrons. The second kappa shape index (κ2) is 7.25. The molecule has 0 aromatic rings. The SMILES string of the molecule is CC(C(=O)N(C(C)C)C(C)C)N1CCC(CO)CC1. The van der Waals surface area contributed by atoms with Gasteiger partial charge in [0, 0.05) is 18.7 Å². The van der Waals surface area contributed by atoms with E-state index in [1.165, 1.54) is 0 Å². The molecule has 4 heteroatoms. The number of piperidine rings is 1. The smallest absolute Gasteiger partial charge is 0.240 e. The average molecular weight is 270 g/mol. The Hall–Kier alpha value is -0.610. The fourth-order valence-electron chi connectivity index (χ4n) is 3.00. The lowest BCUT2D eigenvalue weighted by Gasteiger charge is -2.39. The number of likely N-dealkylation sites (tertiary alicyclic amines) is 1. The molecule has 1 aliphatic rings. The number of aliphatic hydroxyl groups is 1. The molecule has 0 aromatic carbocycles. The van der Waals surface area contributed by atoms with Gasteiger partial charge in [0.05, 0.1) is 6.04 Å². The van der Waals surface area contributed by atoms with Crippen LogP contribution in [0.5, 0.6) is 0 Å². The molecule has 1 N–H and O–H groups in total. The molecule has 0 spiro atoms. The minimum Gasteiger partial charge on any atom is -0.396 e. The predicted molar refractivity (Wildman–Crippen MR) is 78.0 cm³/mol. The van der Waals surface area contributed by atoms with Crippen LogP contribution >= 0.6 is 0 Å². The van der Waals surface area contributed by atoms with E-state index in [1.807, 2.05) is 11.8 Å². The largest absolute Gasteiger partial charge is 0.396 e. The van der Waals surface area contributed by atoms with Crippen LogP contribution in [0.1, 0.15) is 47.5 Å². The summed E-state index contributed by atoms with van der Waals surface area (Å²) >= 11 is 0. The molecule has 1 saturated heterocycles. The Kier molecular flexibility index (Phi) is 6.27. The number of carbonyl (C=O) groups is 1. The van der Waals surface area contributed by atoms with Crippen LogP contribution in [0.25, 0.3) is 0 Å². The highest BCUT2D eigenvalue weighted by Gasteiger charge is 2.31. The third-order valence-corrected chi connectivity index (χ3v) is 4.18. The van der Waals surface area contributed by atoms with Crippen LogP contribution in [0.15, 0.2) is 0 Å². The molecule has 112 valence electrons. The van der Waals surface area contributed by atoms with Gasteiger partial charge in [-0.25, -0.2) is 0 Å². The van der Waals surface area contributed by atoms with Crippen LogP contribution in [0.4, 0.5) is 0 Å². The topological polar surface area (TPSA) is 43.8 Å². The van der Waals surface area contributed by atoms with E-state index >= 15 is 0 Å². The van der Waals surface area contributed by atoms with Gasteiger partial charge in [-0.2, -0.15) is 0 Å². The van der Waals surface area contributed by atoms with Gasteiger partial charge in [0.1, 0.15) is 0 Å². The zero-order valence-electron chi connectivity index (χ0n) is 13.1. The van der Waals surface area contributed by atoms with Crippen molar-refractivity contribution in [3.63, 3.8) is 0 Å². The van der Waals surface area contributed by atoms with Gasteiger partial charge in [-0.15, -0.1) is 0 Å². The van der Waals surface area contributed by atoms with Crippen molar-refractivity contribution in [2.45, 2.75) is 65.6 Å². The van der Waals surface area contributed by atoms with Crippen LogP contribution in [0, 0.1) is 5.92 Å². The number of hydrogen-bond acceptors (Lipinski definition) is 3. The van der Waals surface area contributed by atoms with Crippen LogP contribution in [-0.2, 0) is 4.79 Å². The molecule has 1 rings (SSSR count). The van der Waals surface area contributed by atoms with Crippen LogP contribution in [-0.4, -0.2) is 58.6 Å². The lowest BCUT2D eigenvalue weighted by Crippen LogP contribution is -2.53. The van der Waals surface area contributed by atoms with E-state index in [2.05, 4.69) is 32.6 Å². The minimum absolute atomic E-state index is 0.0514. The van der Waals surface area contributed by atoms with Gasteiger partial charge >= 0.3 is 0 Å². The van der Waals surface area contributed by atoms with Crippen molar-refractivity contribution < 1.29 is 9.90 Å². The number of carbonyl (C=O) groups excluding carboxylic acids is 1. The zero-order chi connectivity index (χ0) is 14.6. The van der Waals surface area contributed by atoms with Crippen molar-refractivity contribution in [1.82, 2.24) is 9.80 Å². The Balaban J connectivity index is 2.61. The van der Waals surface area contributed by atoms with Crippen molar-refractivity contribution >= 4 is 5.91 Å². The van der Waals surface area contributed by atoms with E-state index in [-0.39, 0.29) is 30.6 Å². The summed E-state index contributed by atoms with van der Waals surface area (Å²) in [5.41, 5.74) is 0. The second-order valence-electron chi connectivity index (χ2n) is 6.27. The van der Waals surface area contributed by atoms with Crippen molar-refractivity contribution in [3.8, 4) is 0 Å². The van der Waals surface area contributed by atoms with Crippen molar-refractivity contribution in [2.24, 2.45) is 5.92 Å². The summed E-state index contributed by atoms with van der Waals surface area (Å²) in [5, 5.41) is 9.17. The molecule has 0 aliphatic carbocycles. The van der Waals surface area contributed by atoms with E-state index in [9.17, 15) is 4.79 Å². The minimum atomic E-state index is -0.0514. The summed E-state index contributed by atoms with van der Waals surface area (Å²) in [7, 11) is 0. The summed E-state index contributed by atoms with van der Waals surface area (Å²) in [4.78, 5) is 16.8. The summed E-state index contributed by atoms with van der Waals surface area (Å²) < 4.78 is 0. The maximum absolute atomic E-state index is 12.6. The molecule has 1 atom stereocenters. The van der Waals surface area contributed by atoms with E-state index in [4.69, 9.17) is 5.11 Å². The number of nitrogens with zero attached hydrogens (tertiary/aromatic N) is 2. The molecule has 0 aromatic heterocycles. The Morgan fingerprint density at radius 1 is 1.16 bits per heavy atom. The summed E-state index contributed by atoms with van der Waals surface area (Å²) in [6.45, 7) is 12.4. The first-order chi connectivity index (χ1) is 8.88. The fraction of sp³-hybridized carbons (Fsp3) is 0.933. The maximum Gasteiger partial charge on any atom is 0.240 e. The molecule has 19 heavy (non-hydrogen) atoms. The molecular formula is C15H30N2O2. The Morgan fingerprint density at radius 3 is 2.00 bits per heavy atom. The van der Waals surface area contributed by atoms with Gasteiger partial charge in [-0.05, 0) is 66.5 Å². The second-order valence-corrected chi connectivity index (χ2v) is 6.27. The third kappa shape index (κ3) is 4.18. The number of rotatable bonds is 5. The van der Waals surface area contributed by atoms with Crippen molar-refractivity contribution in [3.05, 3.63) is 0 Å². The highest BCUT2D eigenvalue weighted by molar-refractivity contribution is 5.82. The molecule has 0 bridgehead atoms. The molecule has 1 fully saturated rings. The molecule has 0 saturated carbocycles. The Bertz CT molecular complexity index is 276. The van der Waals surface area contributed by atoms with Gasteiger partial charge in [0.15, 0.2) is 0 Å². The molecule has 1 amide bonds. The molecule has 1 unspecified atom stereocenters. The first-order valence-electron chi connectivity index (χ1n) is 7.55. The number of hydrogen-bond donors (Lipinski definition) is 1. The van der Waals surface area contributed by atoms with Gasteiger partial charge in [0.25, 0.3) is 0 Å². The fourth-order valence-corrected chi connectivity index (χ4v) is 3.00. The summed E-state index contributed by atoms with van der Waals surface area (Å²) in [5.74, 6) is 0.650. The summed E-state index contributed by atoms with van der Waals surface area (Å²) in [6, 6.07) is 0.430. The quantitative estimate of drug-likeness (QED) is 0.827. The molecule has 1 heterocycles. The Morgan fingerprint density at radius 2 is 1.63 bits per heavy atom. The summed E-state index contributed by atoms with van der Waals surface area (Å²) in [6.07, 6.45) is 1.99. The average Bonchev–Trinajstić information content (AvgIpc) is 2.37. The highest BCUT2D eigenvalue weighted by atomic mass is 16.3. The van der Waals surface area contributed by atoms with Gasteiger partial charge in [0.2, 0.25) is 5.91 Å². The lowest BCUT2D eigenvalue weighted by molar-refractivity contribution is -0.140. The molecule has 4 nitrogen and oxygen atoms in total. The molecule has 1 aliphatic heterocycles. The number of aliphatic hydroxyl groups excluding tert-OH is 1. The normalized spacial score (nSPS) is 20.0. The highest BCUT2D eigenvalue weighted by Crippen LogP contribution is 2.20.